The fraction of sp³-hybridized carbons (Fsp3) is 0.538. The minimum Gasteiger partial charge on any atom is -0.310 e. The third-order valence-corrected chi connectivity index (χ3v) is 4.75. The van der Waals surface area contributed by atoms with Gasteiger partial charge in [0.15, 0.2) is 0 Å². The van der Waals surface area contributed by atoms with E-state index in [0.29, 0.717) is 11.4 Å². The summed E-state index contributed by atoms with van der Waals surface area (Å²) in [6, 6.07) is 5.82. The topological polar surface area (TPSA) is 46.2 Å². The van der Waals surface area contributed by atoms with Crippen molar-refractivity contribution in [3.63, 3.8) is 0 Å². The maximum Gasteiger partial charge on any atom is 0.147 e. The molecule has 1 aromatic rings. The first-order valence-electron chi connectivity index (χ1n) is 6.19. The smallest absolute Gasteiger partial charge is 0.147 e. The number of halogens is 2. The van der Waals surface area contributed by atoms with Gasteiger partial charge in [0.05, 0.1) is 0 Å². The van der Waals surface area contributed by atoms with Gasteiger partial charge in [-0.1, -0.05) is 40.5 Å². The third kappa shape index (κ3) is 6.25. The molecule has 1 unspecified atom stereocenters. The molecular weight excluding hydrogens is 350 g/mol. The van der Waals surface area contributed by atoms with Gasteiger partial charge in [0, 0.05) is 27.5 Å². The van der Waals surface area contributed by atoms with Gasteiger partial charge >= 0.3 is 0 Å². The molecule has 0 bridgehead atoms. The Kier molecular flexibility index (Phi) is 6.80. The summed E-state index contributed by atoms with van der Waals surface area (Å²) < 4.78 is 23.3. The van der Waals surface area contributed by atoms with Crippen LogP contribution in [0.15, 0.2) is 22.7 Å². The molecule has 3 nitrogen and oxygen atoms in total. The maximum absolute atomic E-state index is 11.2. The van der Waals surface area contributed by atoms with E-state index in [1.807, 2.05) is 25.1 Å². The molecule has 0 fully saturated rings. The Labute approximate surface area is 128 Å². The quantitative estimate of drug-likeness (QED) is 0.800. The summed E-state index contributed by atoms with van der Waals surface area (Å²) in [6.45, 7) is 2.87. The van der Waals surface area contributed by atoms with Crippen LogP contribution in [0.4, 0.5) is 0 Å². The van der Waals surface area contributed by atoms with Gasteiger partial charge in [0.25, 0.3) is 0 Å². The molecule has 1 aromatic carbocycles. The predicted octanol–water partition coefficient (Wildman–Crippen LogP) is 3.58. The molecule has 1 N–H and O–H groups in total. The summed E-state index contributed by atoms with van der Waals surface area (Å²) in [5.41, 5.74) is 1.11. The molecule has 1 atom stereocenters. The fourth-order valence-electron chi connectivity index (χ4n) is 1.95. The molecule has 0 spiro atoms. The first-order chi connectivity index (χ1) is 8.83. The minimum atomic E-state index is -2.89. The third-order valence-electron chi connectivity index (χ3n) is 2.80. The zero-order valence-corrected chi connectivity index (χ0v) is 14.3. The summed E-state index contributed by atoms with van der Waals surface area (Å²) in [5.74, 6) is 0.222. The summed E-state index contributed by atoms with van der Waals surface area (Å²) in [6.07, 6.45) is 2.69. The lowest BCUT2D eigenvalue weighted by atomic mass is 10.0. The highest BCUT2D eigenvalue weighted by molar-refractivity contribution is 9.10. The molecule has 108 valence electrons. The second-order valence-corrected chi connectivity index (χ2v) is 8.10. The Hall–Kier alpha value is -0.100. The summed E-state index contributed by atoms with van der Waals surface area (Å²) in [7, 11) is -2.89. The zero-order chi connectivity index (χ0) is 14.5. The Bertz CT molecular complexity index is 519. The van der Waals surface area contributed by atoms with Crippen LogP contribution < -0.4 is 5.32 Å². The molecule has 0 amide bonds. The van der Waals surface area contributed by atoms with Gasteiger partial charge in [-0.3, -0.25) is 0 Å². The lowest BCUT2D eigenvalue weighted by Gasteiger charge is -2.19. The number of hydrogen-bond acceptors (Lipinski definition) is 3. The van der Waals surface area contributed by atoms with Crippen molar-refractivity contribution < 1.29 is 8.42 Å². The van der Waals surface area contributed by atoms with Crippen LogP contribution in [-0.2, 0) is 9.84 Å². The highest BCUT2D eigenvalue weighted by Crippen LogP contribution is 2.29. The zero-order valence-electron chi connectivity index (χ0n) is 11.1. The van der Waals surface area contributed by atoms with Crippen LogP contribution in [0.1, 0.15) is 31.4 Å². The first kappa shape index (κ1) is 17.0. The lowest BCUT2D eigenvalue weighted by molar-refractivity contribution is 0.505. The van der Waals surface area contributed by atoms with Crippen LogP contribution in [0.5, 0.6) is 0 Å². The molecule has 6 heteroatoms. The number of nitrogens with one attached hydrogen (secondary N) is 1. The molecular formula is C13H19BrClNO2S. The van der Waals surface area contributed by atoms with Crippen LogP contribution >= 0.6 is 27.5 Å². The van der Waals surface area contributed by atoms with E-state index in [1.165, 1.54) is 6.26 Å². The molecule has 0 aliphatic rings. The van der Waals surface area contributed by atoms with Crippen molar-refractivity contribution in [2.24, 2.45) is 0 Å². The van der Waals surface area contributed by atoms with Gasteiger partial charge in [-0.15, -0.1) is 0 Å². The van der Waals surface area contributed by atoms with Crippen LogP contribution in [0.25, 0.3) is 0 Å². The van der Waals surface area contributed by atoms with Crippen molar-refractivity contribution in [1.29, 1.82) is 0 Å². The number of benzene rings is 1. The Morgan fingerprint density at radius 2 is 2.11 bits per heavy atom. The second kappa shape index (κ2) is 7.62. The van der Waals surface area contributed by atoms with E-state index in [4.69, 9.17) is 11.6 Å². The molecule has 0 aliphatic heterocycles. The standard InChI is InChI=1S/C13H19BrClNO2S/c1-3-16-13(5-4-8-19(2,17)18)11-7-6-10(15)9-12(11)14/h6-7,9,13,16H,3-5,8H2,1-2H3. The van der Waals surface area contributed by atoms with Gasteiger partial charge in [-0.25, -0.2) is 8.42 Å². The van der Waals surface area contributed by atoms with Gasteiger partial charge in [-0.2, -0.15) is 0 Å². The summed E-state index contributed by atoms with van der Waals surface area (Å²) >= 11 is 9.44. The van der Waals surface area contributed by atoms with E-state index in [1.54, 1.807) is 0 Å². The largest absolute Gasteiger partial charge is 0.310 e. The van der Waals surface area contributed by atoms with Crippen LogP contribution in [0.2, 0.25) is 5.02 Å². The van der Waals surface area contributed by atoms with Gasteiger partial charge in [-0.05, 0) is 37.1 Å². The fourth-order valence-corrected chi connectivity index (χ4v) is 3.60. The van der Waals surface area contributed by atoms with Gasteiger partial charge in [0.1, 0.15) is 9.84 Å². The molecule has 0 aromatic heterocycles. The first-order valence-corrected chi connectivity index (χ1v) is 9.42. The summed E-state index contributed by atoms with van der Waals surface area (Å²) in [5, 5.41) is 4.06. The molecule has 0 aliphatic carbocycles. The van der Waals surface area contributed by atoms with Crippen molar-refractivity contribution in [2.45, 2.75) is 25.8 Å². The number of hydrogen-bond donors (Lipinski definition) is 1. The van der Waals surface area contributed by atoms with E-state index in [-0.39, 0.29) is 11.8 Å². The van der Waals surface area contributed by atoms with E-state index in [0.717, 1.165) is 23.0 Å². The van der Waals surface area contributed by atoms with Crippen LogP contribution in [0, 0.1) is 0 Å². The minimum absolute atomic E-state index is 0.137. The highest BCUT2D eigenvalue weighted by atomic mass is 79.9. The number of rotatable bonds is 7. The van der Waals surface area contributed by atoms with E-state index >= 15 is 0 Å². The number of sulfone groups is 1. The van der Waals surface area contributed by atoms with E-state index in [9.17, 15) is 8.42 Å². The van der Waals surface area contributed by atoms with E-state index < -0.39 is 9.84 Å². The van der Waals surface area contributed by atoms with Crippen LogP contribution in [-0.4, -0.2) is 27.0 Å². The SMILES string of the molecule is CCNC(CCCS(C)(=O)=O)c1ccc(Cl)cc1Br. The molecule has 0 saturated heterocycles. The average molecular weight is 369 g/mol. The Morgan fingerprint density at radius 1 is 1.42 bits per heavy atom. The highest BCUT2D eigenvalue weighted by Gasteiger charge is 2.14. The monoisotopic (exact) mass is 367 g/mol. The molecule has 1 rings (SSSR count). The predicted molar refractivity (Wildman–Crippen MR) is 84.5 cm³/mol. The normalized spacial score (nSPS) is 13.5. The Morgan fingerprint density at radius 3 is 2.63 bits per heavy atom. The Balaban J connectivity index is 2.76. The van der Waals surface area contributed by atoms with Crippen LogP contribution in [0.3, 0.4) is 0 Å². The van der Waals surface area contributed by atoms with E-state index in [2.05, 4.69) is 21.2 Å². The molecule has 0 saturated carbocycles. The van der Waals surface area contributed by atoms with Crippen molar-refractivity contribution in [3.8, 4) is 0 Å². The lowest BCUT2D eigenvalue weighted by Crippen LogP contribution is -2.22. The molecule has 0 heterocycles. The van der Waals surface area contributed by atoms with Crippen molar-refractivity contribution >= 4 is 37.4 Å². The van der Waals surface area contributed by atoms with Crippen molar-refractivity contribution in [3.05, 3.63) is 33.3 Å². The molecule has 0 radical (unpaired) electrons. The van der Waals surface area contributed by atoms with Crippen molar-refractivity contribution in [1.82, 2.24) is 5.32 Å². The van der Waals surface area contributed by atoms with Gasteiger partial charge in [0.2, 0.25) is 0 Å². The van der Waals surface area contributed by atoms with Gasteiger partial charge < -0.3 is 5.32 Å². The average Bonchev–Trinajstić information content (AvgIpc) is 2.26. The maximum atomic E-state index is 11.2. The van der Waals surface area contributed by atoms with Crippen molar-refractivity contribution in [2.75, 3.05) is 18.6 Å². The second-order valence-electron chi connectivity index (χ2n) is 4.55. The summed E-state index contributed by atoms with van der Waals surface area (Å²) in [4.78, 5) is 0. The molecule has 19 heavy (non-hydrogen) atoms.